The van der Waals surface area contributed by atoms with E-state index in [4.69, 9.17) is 16.0 Å². The van der Waals surface area contributed by atoms with Crippen LogP contribution in [0.3, 0.4) is 0 Å². The molecule has 0 amide bonds. The second-order valence-electron chi connectivity index (χ2n) is 6.88. The van der Waals surface area contributed by atoms with Gasteiger partial charge in [-0.15, -0.1) is 11.5 Å². The molecule has 0 radical (unpaired) electrons. The zero-order valence-corrected chi connectivity index (χ0v) is 17.4. The molecule has 0 saturated heterocycles. The fourth-order valence-electron chi connectivity index (χ4n) is 3.06. The average Bonchev–Trinajstić information content (AvgIpc) is 2.80. The molecule has 7 heteroatoms. The van der Waals surface area contributed by atoms with E-state index in [0.29, 0.717) is 27.8 Å². The predicted octanol–water partition coefficient (Wildman–Crippen LogP) is 4.60. The summed E-state index contributed by atoms with van der Waals surface area (Å²) in [7, 11) is 2.81. The molecular formula is C25H19F2NO4. The van der Waals surface area contributed by atoms with Gasteiger partial charge in [0.25, 0.3) is 0 Å². The molecule has 0 N–H and O–H groups in total. The molecule has 3 aromatic carbocycles. The number of hydroxylamine groups is 2. The fraction of sp³-hybridized carbons (Fsp3) is 0.120. The van der Waals surface area contributed by atoms with Crippen molar-refractivity contribution in [3.05, 3.63) is 94.6 Å². The van der Waals surface area contributed by atoms with Crippen molar-refractivity contribution in [1.82, 2.24) is 5.06 Å². The monoisotopic (exact) mass is 435 g/mol. The molecule has 0 aliphatic heterocycles. The molecule has 0 fully saturated rings. The van der Waals surface area contributed by atoms with Gasteiger partial charge < -0.3 is 9.57 Å². The summed E-state index contributed by atoms with van der Waals surface area (Å²) in [4.78, 5) is 29.8. The summed E-state index contributed by atoms with van der Waals surface area (Å²) in [6, 6.07) is 14.6. The highest BCUT2D eigenvalue weighted by molar-refractivity contribution is 5.91. The van der Waals surface area contributed by atoms with Gasteiger partial charge in [0.1, 0.15) is 0 Å². The number of nitrogens with zero attached hydrogens (tertiary/aromatic N) is 1. The second kappa shape index (κ2) is 9.86. The van der Waals surface area contributed by atoms with E-state index in [1.54, 1.807) is 30.3 Å². The molecule has 162 valence electrons. The Bertz CT molecular complexity index is 1200. The van der Waals surface area contributed by atoms with Gasteiger partial charge in [-0.05, 0) is 59.2 Å². The van der Waals surface area contributed by atoms with Crippen molar-refractivity contribution in [2.45, 2.75) is 6.54 Å². The van der Waals surface area contributed by atoms with Gasteiger partial charge in [0.15, 0.2) is 11.6 Å². The topological polar surface area (TPSA) is 55.8 Å². The van der Waals surface area contributed by atoms with Crippen LogP contribution in [0.15, 0.2) is 60.7 Å². The Balaban J connectivity index is 1.71. The summed E-state index contributed by atoms with van der Waals surface area (Å²) in [5.74, 6) is -0.547. The molecule has 0 unspecified atom stereocenters. The number of ether oxygens (including phenoxy) is 1. The van der Waals surface area contributed by atoms with Crippen LogP contribution in [0.2, 0.25) is 0 Å². The quantitative estimate of drug-likeness (QED) is 0.322. The SMILES string of the molecule is C#Cc1ccc(C(=O)OC)c(CN(C)OC(=O)c2ccc(-c3ccc(F)c(F)c3)cc2)c1. The zero-order chi connectivity index (χ0) is 23.3. The molecule has 0 spiro atoms. The normalized spacial score (nSPS) is 10.5. The number of hydrogen-bond donors (Lipinski definition) is 0. The van der Waals surface area contributed by atoms with Crippen molar-refractivity contribution in [2.75, 3.05) is 14.2 Å². The van der Waals surface area contributed by atoms with Gasteiger partial charge in [-0.3, -0.25) is 0 Å². The first-order valence-electron chi connectivity index (χ1n) is 9.49. The zero-order valence-electron chi connectivity index (χ0n) is 17.4. The van der Waals surface area contributed by atoms with E-state index >= 15 is 0 Å². The van der Waals surface area contributed by atoms with Crippen LogP contribution in [0.4, 0.5) is 8.78 Å². The average molecular weight is 435 g/mol. The van der Waals surface area contributed by atoms with Gasteiger partial charge in [-0.2, -0.15) is 0 Å². The van der Waals surface area contributed by atoms with E-state index in [0.717, 1.165) is 12.1 Å². The van der Waals surface area contributed by atoms with Crippen LogP contribution >= 0.6 is 0 Å². The Morgan fingerprint density at radius 3 is 2.25 bits per heavy atom. The number of terminal acetylenes is 1. The number of carbonyl (C=O) groups excluding carboxylic acids is 2. The largest absolute Gasteiger partial charge is 0.465 e. The lowest BCUT2D eigenvalue weighted by Crippen LogP contribution is -2.24. The van der Waals surface area contributed by atoms with Crippen molar-refractivity contribution in [2.24, 2.45) is 0 Å². The lowest BCUT2D eigenvalue weighted by Gasteiger charge is -2.18. The van der Waals surface area contributed by atoms with Gasteiger partial charge in [0.05, 0.1) is 24.8 Å². The first-order chi connectivity index (χ1) is 15.3. The maximum Gasteiger partial charge on any atom is 0.357 e. The molecular weight excluding hydrogens is 416 g/mol. The summed E-state index contributed by atoms with van der Waals surface area (Å²) < 4.78 is 31.3. The summed E-state index contributed by atoms with van der Waals surface area (Å²) in [6.07, 6.45) is 5.43. The third kappa shape index (κ3) is 5.17. The number of carbonyl (C=O) groups is 2. The minimum Gasteiger partial charge on any atom is -0.465 e. The predicted molar refractivity (Wildman–Crippen MR) is 114 cm³/mol. The van der Waals surface area contributed by atoms with Crippen LogP contribution in [0.25, 0.3) is 11.1 Å². The number of rotatable bonds is 6. The van der Waals surface area contributed by atoms with Crippen LogP contribution in [0, 0.1) is 24.0 Å². The standard InChI is InChI=1S/C25H19F2NO4/c1-4-16-5-11-21(25(30)31-3)20(13-16)15-28(2)32-24(29)18-8-6-17(7-9-18)19-10-12-22(26)23(27)14-19/h1,5-14H,15H2,2-3H3. The maximum atomic E-state index is 13.4. The molecule has 5 nitrogen and oxygen atoms in total. The Labute approximate surface area is 184 Å². The van der Waals surface area contributed by atoms with Crippen molar-refractivity contribution >= 4 is 11.9 Å². The Hall–Kier alpha value is -4.02. The van der Waals surface area contributed by atoms with E-state index < -0.39 is 23.6 Å². The number of halogens is 2. The highest BCUT2D eigenvalue weighted by Gasteiger charge is 2.17. The number of methoxy groups -OCH3 is 1. The molecule has 0 bridgehead atoms. The van der Waals surface area contributed by atoms with Gasteiger partial charge in [0, 0.05) is 12.6 Å². The van der Waals surface area contributed by atoms with Crippen LogP contribution in [-0.2, 0) is 16.1 Å². The smallest absolute Gasteiger partial charge is 0.357 e. The first kappa shape index (κ1) is 22.7. The van der Waals surface area contributed by atoms with Crippen LogP contribution in [0.5, 0.6) is 0 Å². The van der Waals surface area contributed by atoms with Gasteiger partial charge >= 0.3 is 11.9 Å². The lowest BCUT2D eigenvalue weighted by molar-refractivity contribution is -0.0967. The van der Waals surface area contributed by atoms with E-state index in [2.05, 4.69) is 5.92 Å². The van der Waals surface area contributed by atoms with E-state index in [-0.39, 0.29) is 12.1 Å². The highest BCUT2D eigenvalue weighted by Crippen LogP contribution is 2.22. The lowest BCUT2D eigenvalue weighted by atomic mass is 10.0. The number of esters is 1. The van der Waals surface area contributed by atoms with E-state index in [1.165, 1.54) is 37.4 Å². The molecule has 0 aliphatic carbocycles. The summed E-state index contributed by atoms with van der Waals surface area (Å²) in [6.45, 7) is 0.0959. The highest BCUT2D eigenvalue weighted by atomic mass is 19.2. The number of benzene rings is 3. The van der Waals surface area contributed by atoms with Gasteiger partial charge in [0.2, 0.25) is 0 Å². The molecule has 32 heavy (non-hydrogen) atoms. The third-order valence-electron chi connectivity index (χ3n) is 4.68. The minimum atomic E-state index is -0.951. The van der Waals surface area contributed by atoms with E-state index in [9.17, 15) is 18.4 Å². The summed E-state index contributed by atoms with van der Waals surface area (Å²) >= 11 is 0. The molecule has 0 heterocycles. The van der Waals surface area contributed by atoms with Crippen LogP contribution in [0.1, 0.15) is 31.8 Å². The van der Waals surface area contributed by atoms with Crippen molar-refractivity contribution in [3.8, 4) is 23.5 Å². The molecule has 3 aromatic rings. The Morgan fingerprint density at radius 2 is 1.62 bits per heavy atom. The molecule has 0 atom stereocenters. The second-order valence-corrected chi connectivity index (χ2v) is 6.88. The third-order valence-corrected chi connectivity index (χ3v) is 4.68. The minimum absolute atomic E-state index is 0.0959. The van der Waals surface area contributed by atoms with Crippen LogP contribution in [-0.4, -0.2) is 31.2 Å². The van der Waals surface area contributed by atoms with Crippen molar-refractivity contribution in [1.29, 1.82) is 0 Å². The molecule has 3 rings (SSSR count). The first-order valence-corrected chi connectivity index (χ1v) is 9.49. The molecule has 0 aromatic heterocycles. The maximum absolute atomic E-state index is 13.4. The Kier molecular flexibility index (Phi) is 6.98. The molecule has 0 saturated carbocycles. The summed E-state index contributed by atoms with van der Waals surface area (Å²) in [5, 5.41) is 1.27. The van der Waals surface area contributed by atoms with Crippen molar-refractivity contribution < 1.29 is 27.9 Å². The van der Waals surface area contributed by atoms with E-state index in [1.807, 2.05) is 0 Å². The summed E-state index contributed by atoms with van der Waals surface area (Å²) in [5.41, 5.74) is 2.77. The van der Waals surface area contributed by atoms with Crippen LogP contribution < -0.4 is 0 Å². The fourth-order valence-corrected chi connectivity index (χ4v) is 3.06. The van der Waals surface area contributed by atoms with Crippen molar-refractivity contribution in [3.63, 3.8) is 0 Å². The Morgan fingerprint density at radius 1 is 0.938 bits per heavy atom. The van der Waals surface area contributed by atoms with Gasteiger partial charge in [-0.25, -0.2) is 18.4 Å². The molecule has 0 aliphatic rings. The van der Waals surface area contributed by atoms with Gasteiger partial charge in [-0.1, -0.05) is 24.1 Å². The number of hydrogen-bond acceptors (Lipinski definition) is 5.